The fourth-order valence-electron chi connectivity index (χ4n) is 7.23. The summed E-state index contributed by atoms with van der Waals surface area (Å²) in [5.41, 5.74) is -0.817. The summed E-state index contributed by atoms with van der Waals surface area (Å²) in [4.78, 5) is 28.1. The molecule has 0 bridgehead atoms. The number of hydrogen-bond donors (Lipinski definition) is 1. The Kier molecular flexibility index (Phi) is 33.6. The SMILES string of the molecule is CCCCCCCCCOC(=O)C(C)(C)CCCCCCN(CCCCO)CCCCCCC(C)(C)C(=O)OCCCCC(CCCC)CCCC. The van der Waals surface area contributed by atoms with Gasteiger partial charge in [-0.1, -0.05) is 143 Å². The molecule has 0 saturated heterocycles. The molecule has 0 saturated carbocycles. The molecule has 0 fully saturated rings. The topological polar surface area (TPSA) is 76.1 Å². The Morgan fingerprint density at radius 3 is 1.31 bits per heavy atom. The second-order valence-electron chi connectivity index (χ2n) is 17.4. The van der Waals surface area contributed by atoms with Gasteiger partial charge < -0.3 is 19.5 Å². The number of aliphatic hydroxyl groups excluding tert-OH is 1. The van der Waals surface area contributed by atoms with Crippen molar-refractivity contribution in [3.8, 4) is 0 Å². The van der Waals surface area contributed by atoms with Crippen LogP contribution < -0.4 is 0 Å². The number of unbranched alkanes of at least 4 members (excludes halogenated alkanes) is 16. The van der Waals surface area contributed by atoms with Crippen LogP contribution in [-0.4, -0.2) is 61.4 Å². The molecule has 0 amide bonds. The molecule has 0 aliphatic heterocycles. The van der Waals surface area contributed by atoms with Crippen LogP contribution in [0.4, 0.5) is 0 Å². The van der Waals surface area contributed by atoms with Crippen molar-refractivity contribution < 1.29 is 24.2 Å². The number of carbonyl (C=O) groups excluding carboxylic acids is 2. The first-order valence-electron chi connectivity index (χ1n) is 22.7. The normalized spacial score (nSPS) is 12.3. The molecule has 6 nitrogen and oxygen atoms in total. The zero-order chi connectivity index (χ0) is 38.8. The fraction of sp³-hybridized carbons (Fsp3) is 0.957. The monoisotopic (exact) mass is 738 g/mol. The molecule has 0 aromatic carbocycles. The fourth-order valence-corrected chi connectivity index (χ4v) is 7.23. The van der Waals surface area contributed by atoms with Crippen LogP contribution in [0.1, 0.15) is 228 Å². The van der Waals surface area contributed by atoms with Crippen molar-refractivity contribution in [3.63, 3.8) is 0 Å². The lowest BCUT2D eigenvalue weighted by Gasteiger charge is -2.24. The van der Waals surface area contributed by atoms with Gasteiger partial charge >= 0.3 is 11.9 Å². The Labute approximate surface area is 324 Å². The molecule has 0 unspecified atom stereocenters. The maximum absolute atomic E-state index is 12.8. The Hall–Kier alpha value is -1.14. The molecule has 6 heteroatoms. The summed E-state index contributed by atoms with van der Waals surface area (Å²) in [6.07, 6.45) is 32.8. The van der Waals surface area contributed by atoms with Crippen molar-refractivity contribution in [2.24, 2.45) is 16.7 Å². The van der Waals surface area contributed by atoms with Gasteiger partial charge in [-0.15, -0.1) is 0 Å². The van der Waals surface area contributed by atoms with Crippen LogP contribution in [0.5, 0.6) is 0 Å². The highest BCUT2D eigenvalue weighted by molar-refractivity contribution is 5.76. The predicted molar refractivity (Wildman–Crippen MR) is 223 cm³/mol. The largest absolute Gasteiger partial charge is 0.465 e. The van der Waals surface area contributed by atoms with Gasteiger partial charge in [0.2, 0.25) is 0 Å². The minimum Gasteiger partial charge on any atom is -0.465 e. The third-order valence-electron chi connectivity index (χ3n) is 11.2. The summed E-state index contributed by atoms with van der Waals surface area (Å²) in [6, 6.07) is 0. The lowest BCUT2D eigenvalue weighted by Crippen LogP contribution is -2.28. The summed E-state index contributed by atoms with van der Waals surface area (Å²) in [7, 11) is 0. The zero-order valence-electron chi connectivity index (χ0n) is 36.1. The van der Waals surface area contributed by atoms with E-state index in [1.165, 1.54) is 109 Å². The third kappa shape index (κ3) is 29.2. The minimum absolute atomic E-state index is 0.0293. The summed E-state index contributed by atoms with van der Waals surface area (Å²) in [6.45, 7) is 19.6. The molecule has 310 valence electrons. The highest BCUT2D eigenvalue weighted by Crippen LogP contribution is 2.28. The number of esters is 2. The van der Waals surface area contributed by atoms with Gasteiger partial charge in [0.05, 0.1) is 24.0 Å². The lowest BCUT2D eigenvalue weighted by molar-refractivity contribution is -0.155. The third-order valence-corrected chi connectivity index (χ3v) is 11.2. The van der Waals surface area contributed by atoms with Gasteiger partial charge in [0.1, 0.15) is 0 Å². The molecule has 1 N–H and O–H groups in total. The van der Waals surface area contributed by atoms with E-state index in [-0.39, 0.29) is 18.5 Å². The van der Waals surface area contributed by atoms with E-state index in [2.05, 4.69) is 39.5 Å². The molecule has 52 heavy (non-hydrogen) atoms. The second-order valence-corrected chi connectivity index (χ2v) is 17.4. The number of rotatable bonds is 39. The number of hydrogen-bond acceptors (Lipinski definition) is 6. The Morgan fingerprint density at radius 2 is 0.846 bits per heavy atom. The molecular formula is C46H91NO5. The van der Waals surface area contributed by atoms with E-state index in [9.17, 15) is 14.7 Å². The van der Waals surface area contributed by atoms with E-state index >= 15 is 0 Å². The van der Waals surface area contributed by atoms with Gasteiger partial charge in [0.15, 0.2) is 0 Å². The van der Waals surface area contributed by atoms with Gasteiger partial charge in [0, 0.05) is 6.61 Å². The quantitative estimate of drug-likeness (QED) is 0.0500. The van der Waals surface area contributed by atoms with Crippen LogP contribution in [0, 0.1) is 16.7 Å². The van der Waals surface area contributed by atoms with E-state index < -0.39 is 10.8 Å². The standard InChI is InChI=1S/C46H91NO5/c1-8-11-14-15-16-21-29-40-51-43(49)45(4,5)34-23-17-19-25-36-47(38-27-28-39-48)37-26-20-18-24-35-46(6,7)44(50)52-41-30-22-33-42(31-12-9-2)32-13-10-3/h42,48H,8-41H2,1-7H3. The van der Waals surface area contributed by atoms with Crippen molar-refractivity contribution in [2.45, 2.75) is 228 Å². The number of nitrogens with zero attached hydrogens (tertiary/aromatic N) is 1. The van der Waals surface area contributed by atoms with E-state index in [0.717, 1.165) is 96.2 Å². The number of carbonyl (C=O) groups is 2. The van der Waals surface area contributed by atoms with Gasteiger partial charge in [-0.2, -0.15) is 0 Å². The summed E-state index contributed by atoms with van der Waals surface area (Å²) < 4.78 is 11.4. The molecule has 0 aliphatic rings. The van der Waals surface area contributed by atoms with Crippen molar-refractivity contribution in [3.05, 3.63) is 0 Å². The Bertz CT molecular complexity index is 805. The first-order chi connectivity index (χ1) is 25.0. The van der Waals surface area contributed by atoms with E-state index in [0.29, 0.717) is 13.2 Å². The van der Waals surface area contributed by atoms with Gasteiger partial charge in [-0.05, 0) is 111 Å². The maximum Gasteiger partial charge on any atom is 0.311 e. The van der Waals surface area contributed by atoms with Crippen LogP contribution in [0.2, 0.25) is 0 Å². The molecule has 0 radical (unpaired) electrons. The van der Waals surface area contributed by atoms with Crippen molar-refractivity contribution >= 4 is 11.9 Å². The Morgan fingerprint density at radius 1 is 0.481 bits per heavy atom. The van der Waals surface area contributed by atoms with E-state index in [1.54, 1.807) is 0 Å². The van der Waals surface area contributed by atoms with Crippen LogP contribution in [-0.2, 0) is 19.1 Å². The average molecular weight is 738 g/mol. The molecule has 0 aliphatic carbocycles. The zero-order valence-corrected chi connectivity index (χ0v) is 36.1. The second kappa shape index (κ2) is 34.4. The molecule has 0 rings (SSSR count). The highest BCUT2D eigenvalue weighted by Gasteiger charge is 2.29. The van der Waals surface area contributed by atoms with Crippen molar-refractivity contribution in [2.75, 3.05) is 39.5 Å². The molecule has 0 atom stereocenters. The molecule has 0 aromatic rings. The van der Waals surface area contributed by atoms with Gasteiger partial charge in [-0.3, -0.25) is 9.59 Å². The van der Waals surface area contributed by atoms with Gasteiger partial charge in [0.25, 0.3) is 0 Å². The number of ether oxygens (including phenoxy) is 2. The van der Waals surface area contributed by atoms with Crippen LogP contribution in [0.25, 0.3) is 0 Å². The van der Waals surface area contributed by atoms with Crippen LogP contribution in [0.15, 0.2) is 0 Å². The molecule has 0 heterocycles. The molecule has 0 aromatic heterocycles. The minimum atomic E-state index is -0.413. The summed E-state index contributed by atoms with van der Waals surface area (Å²) >= 11 is 0. The number of aliphatic hydroxyl groups is 1. The smallest absolute Gasteiger partial charge is 0.311 e. The van der Waals surface area contributed by atoms with E-state index in [1.807, 2.05) is 13.8 Å². The van der Waals surface area contributed by atoms with Crippen molar-refractivity contribution in [1.82, 2.24) is 4.90 Å². The highest BCUT2D eigenvalue weighted by atomic mass is 16.5. The van der Waals surface area contributed by atoms with Crippen molar-refractivity contribution in [1.29, 1.82) is 0 Å². The van der Waals surface area contributed by atoms with Gasteiger partial charge in [-0.25, -0.2) is 0 Å². The Balaban J connectivity index is 4.21. The predicted octanol–water partition coefficient (Wildman–Crippen LogP) is 13.0. The lowest BCUT2D eigenvalue weighted by atomic mass is 9.87. The summed E-state index contributed by atoms with van der Waals surface area (Å²) in [5, 5.41) is 9.30. The maximum atomic E-state index is 12.8. The van der Waals surface area contributed by atoms with Crippen LogP contribution in [0.3, 0.4) is 0 Å². The molecule has 0 spiro atoms. The van der Waals surface area contributed by atoms with E-state index in [4.69, 9.17) is 9.47 Å². The first kappa shape index (κ1) is 50.9. The first-order valence-corrected chi connectivity index (χ1v) is 22.7. The average Bonchev–Trinajstić information content (AvgIpc) is 3.12. The summed E-state index contributed by atoms with van der Waals surface area (Å²) in [5.74, 6) is 0.779. The molecular weight excluding hydrogens is 647 g/mol. The van der Waals surface area contributed by atoms with Crippen LogP contribution >= 0.6 is 0 Å².